The predicted octanol–water partition coefficient (Wildman–Crippen LogP) is 4.80. The molecule has 0 unspecified atom stereocenters. The van der Waals surface area contributed by atoms with Crippen molar-refractivity contribution in [2.24, 2.45) is 0 Å². The van der Waals surface area contributed by atoms with Gasteiger partial charge in [-0.05, 0) is 47.5 Å². The van der Waals surface area contributed by atoms with Gasteiger partial charge in [-0.3, -0.25) is 4.79 Å². The molecule has 0 bridgehead atoms. The first-order chi connectivity index (χ1) is 15.0. The number of aliphatic hydroxyl groups is 1. The van der Waals surface area contributed by atoms with E-state index in [1.807, 2.05) is 0 Å². The van der Waals surface area contributed by atoms with E-state index >= 15 is 0 Å². The summed E-state index contributed by atoms with van der Waals surface area (Å²) in [4.78, 5) is 12.1. The Labute approximate surface area is 180 Å². The topological polar surface area (TPSA) is 74.2 Å². The Morgan fingerprint density at radius 2 is 1.42 bits per heavy atom. The molecule has 0 saturated heterocycles. The van der Waals surface area contributed by atoms with Crippen LogP contribution in [-0.2, 0) is 4.79 Å². The quantitative estimate of drug-likeness (QED) is 0.316. The van der Waals surface area contributed by atoms with Crippen molar-refractivity contribution >= 4 is 17.9 Å². The van der Waals surface area contributed by atoms with Crippen molar-refractivity contribution in [3.63, 3.8) is 0 Å². The Bertz CT molecular complexity index is 978. The highest BCUT2D eigenvalue weighted by Gasteiger charge is 2.05. The molecule has 0 aliphatic heterocycles. The lowest BCUT2D eigenvalue weighted by Gasteiger charge is -2.09. The van der Waals surface area contributed by atoms with E-state index in [1.165, 1.54) is 26.4 Å². The number of ketones is 1. The number of ether oxygens (including phenoxy) is 4. The van der Waals surface area contributed by atoms with Crippen LogP contribution in [0.3, 0.4) is 0 Å². The van der Waals surface area contributed by atoms with Crippen molar-refractivity contribution in [2.45, 2.75) is 0 Å². The first-order valence-corrected chi connectivity index (χ1v) is 9.40. The SMILES string of the molecule is COc1ccc(/C=C/C(O)=C/C(=O)/C=C/c2ccc(OCC[18F])c(OC)c2)cc1OC. The molecule has 2 aromatic rings. The summed E-state index contributed by atoms with van der Waals surface area (Å²) in [7, 11) is 4.56. The first-order valence-electron chi connectivity index (χ1n) is 9.40. The van der Waals surface area contributed by atoms with Gasteiger partial charge in [0.15, 0.2) is 28.8 Å². The highest BCUT2D eigenvalue weighted by Crippen LogP contribution is 2.29. The van der Waals surface area contributed by atoms with Gasteiger partial charge in [-0.2, -0.15) is 0 Å². The minimum Gasteiger partial charge on any atom is -0.508 e. The van der Waals surface area contributed by atoms with Crippen LogP contribution in [-0.4, -0.2) is 45.5 Å². The largest absolute Gasteiger partial charge is 0.508 e. The molecule has 1 N–H and O–H groups in total. The van der Waals surface area contributed by atoms with Crippen LogP contribution in [0.25, 0.3) is 12.2 Å². The molecule has 7 heteroatoms. The molecule has 0 aromatic heterocycles. The first kappa shape index (κ1) is 23.5. The van der Waals surface area contributed by atoms with Crippen molar-refractivity contribution in [2.75, 3.05) is 34.6 Å². The van der Waals surface area contributed by atoms with Crippen LogP contribution < -0.4 is 18.9 Å². The number of benzene rings is 2. The van der Waals surface area contributed by atoms with E-state index in [0.29, 0.717) is 28.6 Å². The van der Waals surface area contributed by atoms with E-state index in [-0.39, 0.29) is 12.4 Å². The number of carbonyl (C=O) groups excluding carboxylic acids is 1. The number of alkyl halides is 1. The molecular formula is C24H25FO6. The maximum absolute atomic E-state index is 12.3. The van der Waals surface area contributed by atoms with E-state index in [1.54, 1.807) is 55.7 Å². The normalized spacial score (nSPS) is 11.7. The molecule has 0 spiro atoms. The summed E-state index contributed by atoms with van der Waals surface area (Å²) in [5, 5.41) is 10.0. The number of hydrogen-bond donors (Lipinski definition) is 1. The molecule has 0 fully saturated rings. The third kappa shape index (κ3) is 7.22. The zero-order chi connectivity index (χ0) is 22.6. The fourth-order valence-electron chi connectivity index (χ4n) is 2.61. The number of carbonyl (C=O) groups is 1. The Balaban J connectivity index is 2.05. The van der Waals surface area contributed by atoms with Gasteiger partial charge in [-0.15, -0.1) is 0 Å². The van der Waals surface area contributed by atoms with Crippen molar-refractivity contribution < 1.29 is 33.2 Å². The summed E-state index contributed by atoms with van der Waals surface area (Å²) < 4.78 is 33.1. The van der Waals surface area contributed by atoms with Crippen LogP contribution in [0.1, 0.15) is 11.1 Å². The van der Waals surface area contributed by atoms with Gasteiger partial charge in [0.1, 0.15) is 19.0 Å². The number of aliphatic hydroxyl groups excluding tert-OH is 1. The van der Waals surface area contributed by atoms with E-state index in [0.717, 1.165) is 11.6 Å². The number of hydrogen-bond acceptors (Lipinski definition) is 6. The molecule has 6 nitrogen and oxygen atoms in total. The molecule has 0 radical (unpaired) electrons. The molecule has 0 saturated carbocycles. The lowest BCUT2D eigenvalue weighted by Crippen LogP contribution is -2.00. The van der Waals surface area contributed by atoms with Crippen molar-refractivity contribution in [1.82, 2.24) is 0 Å². The molecule has 164 valence electrons. The van der Waals surface area contributed by atoms with Crippen LogP contribution in [0.2, 0.25) is 0 Å². The third-order valence-corrected chi connectivity index (χ3v) is 4.11. The molecule has 0 aliphatic carbocycles. The van der Waals surface area contributed by atoms with E-state index in [2.05, 4.69) is 0 Å². The van der Waals surface area contributed by atoms with Gasteiger partial charge in [0.25, 0.3) is 0 Å². The van der Waals surface area contributed by atoms with Gasteiger partial charge in [0.2, 0.25) is 0 Å². The molecule has 2 aromatic carbocycles. The minimum atomic E-state index is -0.602. The summed E-state index contributed by atoms with van der Waals surface area (Å²) in [6.07, 6.45) is 7.05. The monoisotopic (exact) mass is 427 g/mol. The predicted molar refractivity (Wildman–Crippen MR) is 118 cm³/mol. The van der Waals surface area contributed by atoms with Crippen molar-refractivity contribution in [3.8, 4) is 23.0 Å². The summed E-state index contributed by atoms with van der Waals surface area (Å²) in [6.45, 7) is -0.666. The maximum Gasteiger partial charge on any atom is 0.182 e. The lowest BCUT2D eigenvalue weighted by molar-refractivity contribution is -0.110. The average Bonchev–Trinajstić information content (AvgIpc) is 2.79. The lowest BCUT2D eigenvalue weighted by atomic mass is 10.1. The Morgan fingerprint density at radius 3 is 2.00 bits per heavy atom. The molecular weight excluding hydrogens is 402 g/mol. The molecule has 0 heterocycles. The molecule has 0 amide bonds. The molecule has 2 rings (SSSR count). The summed E-state index contributed by atoms with van der Waals surface area (Å²) >= 11 is 0. The second-order valence-electron chi connectivity index (χ2n) is 6.20. The van der Waals surface area contributed by atoms with Gasteiger partial charge < -0.3 is 24.1 Å². The standard InChI is InChI=1S/C24H25FO6/c1-28-21-10-6-17(14-23(21)29-2)4-8-19(26)16-20(27)9-5-18-7-11-22(31-13-12-25)24(15-18)30-3/h4-11,14-16,26H,12-13H2,1-3H3/b8-4+,9-5+,19-16-/i25-1. The van der Waals surface area contributed by atoms with Gasteiger partial charge in [0.05, 0.1) is 21.3 Å². The highest BCUT2D eigenvalue weighted by molar-refractivity contribution is 6.02. The highest BCUT2D eigenvalue weighted by atomic mass is 18.2. The maximum atomic E-state index is 12.3. The minimum absolute atomic E-state index is 0.0646. The second-order valence-corrected chi connectivity index (χ2v) is 6.20. The number of methoxy groups -OCH3 is 3. The van der Waals surface area contributed by atoms with Crippen LogP contribution in [0, 0.1) is 0 Å². The van der Waals surface area contributed by atoms with Gasteiger partial charge in [0, 0.05) is 6.08 Å². The molecule has 0 atom stereocenters. The Morgan fingerprint density at radius 1 is 0.871 bits per heavy atom. The summed E-state index contributed by atoms with van der Waals surface area (Å²) in [5.41, 5.74) is 1.45. The average molecular weight is 427 g/mol. The van der Waals surface area contributed by atoms with Crippen LogP contribution >= 0.6 is 0 Å². The Kier molecular flexibility index (Phi) is 9.16. The third-order valence-electron chi connectivity index (χ3n) is 4.11. The zero-order valence-electron chi connectivity index (χ0n) is 17.6. The molecule has 0 aliphatic rings. The van der Waals surface area contributed by atoms with E-state index in [9.17, 15) is 14.3 Å². The van der Waals surface area contributed by atoms with E-state index in [4.69, 9.17) is 18.9 Å². The summed E-state index contributed by atoms with van der Waals surface area (Å²) in [6, 6.07) is 10.3. The van der Waals surface area contributed by atoms with Gasteiger partial charge >= 0.3 is 0 Å². The smallest absolute Gasteiger partial charge is 0.182 e. The fraction of sp³-hybridized carbons (Fsp3) is 0.208. The van der Waals surface area contributed by atoms with E-state index < -0.39 is 12.5 Å². The van der Waals surface area contributed by atoms with Crippen LogP contribution in [0.4, 0.5) is 4.39 Å². The number of halogens is 1. The summed E-state index contributed by atoms with van der Waals surface area (Å²) in [5.74, 6) is 1.41. The van der Waals surface area contributed by atoms with Crippen LogP contribution in [0.15, 0.2) is 60.4 Å². The van der Waals surface area contributed by atoms with Crippen molar-refractivity contribution in [3.05, 3.63) is 71.5 Å². The zero-order valence-corrected chi connectivity index (χ0v) is 17.6. The molecule has 31 heavy (non-hydrogen) atoms. The Hall–Kier alpha value is -3.74. The van der Waals surface area contributed by atoms with Crippen molar-refractivity contribution in [1.29, 1.82) is 0 Å². The fourth-order valence-corrected chi connectivity index (χ4v) is 2.61. The number of allylic oxidation sites excluding steroid dienone is 3. The van der Waals surface area contributed by atoms with Crippen LogP contribution in [0.5, 0.6) is 23.0 Å². The number of rotatable bonds is 11. The van der Waals surface area contributed by atoms with Gasteiger partial charge in [-0.1, -0.05) is 24.3 Å². The van der Waals surface area contributed by atoms with Gasteiger partial charge in [-0.25, -0.2) is 4.39 Å². The second kappa shape index (κ2) is 12.1.